The third-order valence-corrected chi connectivity index (χ3v) is 6.11. The second kappa shape index (κ2) is 5.84. The molecule has 1 saturated carbocycles. The van der Waals surface area contributed by atoms with Crippen molar-refractivity contribution >= 4 is 11.0 Å². The van der Waals surface area contributed by atoms with Crippen LogP contribution in [0.2, 0.25) is 0 Å². The number of hydrogen-bond acceptors (Lipinski definition) is 2. The van der Waals surface area contributed by atoms with Crippen LogP contribution in [0.25, 0.3) is 0 Å². The molecule has 1 aromatic heterocycles. The van der Waals surface area contributed by atoms with E-state index in [9.17, 15) is 4.21 Å². The summed E-state index contributed by atoms with van der Waals surface area (Å²) in [6.45, 7) is 10.4. The molecule has 2 rings (SSSR count). The van der Waals surface area contributed by atoms with Crippen molar-refractivity contribution in [3.05, 3.63) is 17.5 Å². The summed E-state index contributed by atoms with van der Waals surface area (Å²) in [5.41, 5.74) is 2.37. The van der Waals surface area contributed by atoms with E-state index >= 15 is 0 Å². The van der Waals surface area contributed by atoms with Crippen LogP contribution < -0.4 is 4.72 Å². The molecule has 4 nitrogen and oxygen atoms in total. The minimum absolute atomic E-state index is 0.0567. The van der Waals surface area contributed by atoms with Crippen LogP contribution in [0, 0.1) is 12.3 Å². The average molecular weight is 311 g/mol. The molecule has 5 heteroatoms. The summed E-state index contributed by atoms with van der Waals surface area (Å²) in [4.78, 5) is 0. The fourth-order valence-corrected chi connectivity index (χ4v) is 4.16. The Kier molecular flexibility index (Phi) is 4.64. The molecule has 1 aliphatic carbocycles. The SMILES string of the molecule is Cc1cn(C)nc1[C@H](NS(=O)C(C)(C)C)C1(C)CCCC1. The van der Waals surface area contributed by atoms with Gasteiger partial charge in [-0.1, -0.05) is 19.8 Å². The lowest BCUT2D eigenvalue weighted by Crippen LogP contribution is -2.42. The lowest BCUT2D eigenvalue weighted by molar-refractivity contribution is 0.244. The summed E-state index contributed by atoms with van der Waals surface area (Å²) in [5.74, 6) is 0. The van der Waals surface area contributed by atoms with Gasteiger partial charge in [0.1, 0.15) is 0 Å². The van der Waals surface area contributed by atoms with E-state index in [0.717, 1.165) is 5.69 Å². The topological polar surface area (TPSA) is 46.9 Å². The highest BCUT2D eigenvalue weighted by Gasteiger charge is 2.41. The molecule has 0 spiro atoms. The molecule has 21 heavy (non-hydrogen) atoms. The number of aromatic nitrogens is 2. The van der Waals surface area contributed by atoms with Gasteiger partial charge in [0, 0.05) is 13.2 Å². The van der Waals surface area contributed by atoms with E-state index in [1.807, 2.05) is 38.7 Å². The Morgan fingerprint density at radius 1 is 1.38 bits per heavy atom. The summed E-state index contributed by atoms with van der Waals surface area (Å²) >= 11 is 0. The van der Waals surface area contributed by atoms with Crippen molar-refractivity contribution in [1.82, 2.24) is 14.5 Å². The summed E-state index contributed by atoms with van der Waals surface area (Å²) < 4.78 is 17.6. The van der Waals surface area contributed by atoms with Gasteiger partial charge in [-0.05, 0) is 51.5 Å². The van der Waals surface area contributed by atoms with Gasteiger partial charge in [0.05, 0.1) is 27.5 Å². The Hall–Kier alpha value is -0.680. The summed E-state index contributed by atoms with van der Waals surface area (Å²) in [5, 5.41) is 4.66. The molecule has 1 fully saturated rings. The third kappa shape index (κ3) is 3.57. The molecule has 0 aromatic carbocycles. The lowest BCUT2D eigenvalue weighted by Gasteiger charge is -2.35. The second-order valence-electron chi connectivity index (χ2n) is 7.66. The summed E-state index contributed by atoms with van der Waals surface area (Å²) in [6.07, 6.45) is 6.89. The van der Waals surface area contributed by atoms with Crippen molar-refractivity contribution in [3.63, 3.8) is 0 Å². The molecule has 1 heterocycles. The first kappa shape index (κ1) is 16.7. The van der Waals surface area contributed by atoms with Crippen molar-refractivity contribution in [1.29, 1.82) is 0 Å². The minimum Gasteiger partial charge on any atom is -0.275 e. The van der Waals surface area contributed by atoms with Crippen molar-refractivity contribution in [3.8, 4) is 0 Å². The van der Waals surface area contributed by atoms with Gasteiger partial charge in [-0.2, -0.15) is 5.10 Å². The predicted octanol–water partition coefficient (Wildman–Crippen LogP) is 3.40. The Labute approximate surface area is 131 Å². The highest BCUT2D eigenvalue weighted by molar-refractivity contribution is 7.84. The zero-order valence-corrected chi connectivity index (χ0v) is 15.0. The van der Waals surface area contributed by atoms with Crippen molar-refractivity contribution in [2.24, 2.45) is 12.5 Å². The van der Waals surface area contributed by atoms with E-state index < -0.39 is 11.0 Å². The molecule has 0 bridgehead atoms. The first-order valence-electron chi connectivity index (χ1n) is 7.82. The smallest absolute Gasteiger partial charge is 0.0976 e. The Balaban J connectivity index is 2.35. The number of aryl methyl sites for hydroxylation is 2. The van der Waals surface area contributed by atoms with Crippen LogP contribution in [0.4, 0.5) is 0 Å². The van der Waals surface area contributed by atoms with Gasteiger partial charge in [-0.3, -0.25) is 4.68 Å². The first-order valence-corrected chi connectivity index (χ1v) is 8.97. The molecule has 0 saturated heterocycles. The fraction of sp³-hybridized carbons (Fsp3) is 0.812. The third-order valence-electron chi connectivity index (χ3n) is 4.55. The molecule has 2 atom stereocenters. The van der Waals surface area contributed by atoms with Gasteiger partial charge >= 0.3 is 0 Å². The maximum Gasteiger partial charge on any atom is 0.0976 e. The quantitative estimate of drug-likeness (QED) is 0.926. The van der Waals surface area contributed by atoms with E-state index in [2.05, 4.69) is 23.7 Å². The maximum absolute atomic E-state index is 12.6. The van der Waals surface area contributed by atoms with Gasteiger partial charge in [-0.15, -0.1) is 0 Å². The highest BCUT2D eigenvalue weighted by atomic mass is 32.2. The van der Waals surface area contributed by atoms with Gasteiger partial charge in [0.15, 0.2) is 0 Å². The normalized spacial score (nSPS) is 21.4. The summed E-state index contributed by atoms with van der Waals surface area (Å²) in [7, 11) is 0.862. The Morgan fingerprint density at radius 2 is 1.95 bits per heavy atom. The van der Waals surface area contributed by atoms with E-state index in [1.165, 1.54) is 31.2 Å². The van der Waals surface area contributed by atoms with E-state index in [1.54, 1.807) is 0 Å². The minimum atomic E-state index is -1.09. The monoisotopic (exact) mass is 311 g/mol. The largest absolute Gasteiger partial charge is 0.275 e. The number of nitrogens with one attached hydrogen (secondary N) is 1. The van der Waals surface area contributed by atoms with Gasteiger partial charge in [0.2, 0.25) is 0 Å². The molecule has 0 radical (unpaired) electrons. The van der Waals surface area contributed by atoms with Crippen LogP contribution in [0.3, 0.4) is 0 Å². The van der Waals surface area contributed by atoms with E-state index in [-0.39, 0.29) is 16.2 Å². The zero-order valence-electron chi connectivity index (χ0n) is 14.2. The average Bonchev–Trinajstić information content (AvgIpc) is 2.92. The summed E-state index contributed by atoms with van der Waals surface area (Å²) in [6, 6.07) is 0.0567. The molecule has 0 amide bonds. The molecule has 1 aromatic rings. The standard InChI is InChI=1S/C16H29N3OS/c1-12-11-19(6)17-13(12)14(16(5)9-7-8-10-16)18-21(20)15(2,3)4/h11,14,18H,7-10H2,1-6H3/t14-,21?/m0/s1. The predicted molar refractivity (Wildman–Crippen MR) is 88.3 cm³/mol. The molecule has 120 valence electrons. The highest BCUT2D eigenvalue weighted by Crippen LogP contribution is 2.47. The number of rotatable bonds is 4. The molecule has 1 aliphatic rings. The van der Waals surface area contributed by atoms with Crippen LogP contribution in [-0.2, 0) is 18.0 Å². The van der Waals surface area contributed by atoms with E-state index in [4.69, 9.17) is 0 Å². The maximum atomic E-state index is 12.6. The Bertz CT molecular complexity index is 524. The Morgan fingerprint density at radius 3 is 2.38 bits per heavy atom. The van der Waals surface area contributed by atoms with Crippen LogP contribution in [0.5, 0.6) is 0 Å². The lowest BCUT2D eigenvalue weighted by atomic mass is 9.79. The van der Waals surface area contributed by atoms with Crippen molar-refractivity contribution in [2.75, 3.05) is 0 Å². The molecular formula is C16H29N3OS. The zero-order chi connectivity index (χ0) is 15.8. The van der Waals surface area contributed by atoms with Gasteiger partial charge in [-0.25, -0.2) is 8.93 Å². The molecule has 1 unspecified atom stereocenters. The van der Waals surface area contributed by atoms with E-state index in [0.29, 0.717) is 0 Å². The molecule has 0 aliphatic heterocycles. The molecule has 1 N–H and O–H groups in total. The van der Waals surface area contributed by atoms with Crippen LogP contribution >= 0.6 is 0 Å². The number of nitrogens with zero attached hydrogens (tertiary/aromatic N) is 2. The van der Waals surface area contributed by atoms with Crippen LogP contribution in [0.1, 0.15) is 70.7 Å². The van der Waals surface area contributed by atoms with Crippen LogP contribution in [-0.4, -0.2) is 18.7 Å². The fourth-order valence-electron chi connectivity index (χ4n) is 3.19. The number of hydrogen-bond donors (Lipinski definition) is 1. The first-order chi connectivity index (χ1) is 9.63. The van der Waals surface area contributed by atoms with Gasteiger partial charge < -0.3 is 0 Å². The van der Waals surface area contributed by atoms with Crippen LogP contribution in [0.15, 0.2) is 6.20 Å². The molecular weight excluding hydrogens is 282 g/mol. The second-order valence-corrected chi connectivity index (χ2v) is 9.66. The van der Waals surface area contributed by atoms with Crippen molar-refractivity contribution < 1.29 is 4.21 Å². The van der Waals surface area contributed by atoms with Gasteiger partial charge in [0.25, 0.3) is 0 Å². The van der Waals surface area contributed by atoms with Crippen molar-refractivity contribution in [2.45, 2.75) is 71.1 Å².